The maximum absolute atomic E-state index is 12.9. The Bertz CT molecular complexity index is 795. The highest BCUT2D eigenvalue weighted by Crippen LogP contribution is 2.41. The third kappa shape index (κ3) is 5.68. The molecular weight excluding hydrogens is 410 g/mol. The number of hydrogen-bond donors (Lipinski definition) is 1. The van der Waals surface area contributed by atoms with E-state index in [9.17, 15) is 9.59 Å². The second-order valence-electron chi connectivity index (χ2n) is 11.1. The number of ketones is 1. The molecule has 3 fully saturated rings. The van der Waals surface area contributed by atoms with Crippen LogP contribution in [-0.4, -0.2) is 66.3 Å². The molecule has 4 rings (SSSR count). The van der Waals surface area contributed by atoms with Crippen molar-refractivity contribution in [3.8, 4) is 0 Å². The summed E-state index contributed by atoms with van der Waals surface area (Å²) in [7, 11) is 4.05. The van der Waals surface area contributed by atoms with E-state index in [4.69, 9.17) is 0 Å². The average molecular weight is 454 g/mol. The van der Waals surface area contributed by atoms with E-state index in [0.29, 0.717) is 12.3 Å². The van der Waals surface area contributed by atoms with Crippen molar-refractivity contribution >= 4 is 11.7 Å². The molecule has 1 N–H and O–H groups in total. The summed E-state index contributed by atoms with van der Waals surface area (Å²) in [5.41, 5.74) is 1.67. The molecular formula is C28H43N3O2. The van der Waals surface area contributed by atoms with Gasteiger partial charge in [-0.2, -0.15) is 0 Å². The Balaban J connectivity index is 1.33. The number of Topliss-reactive ketones (excluding diaryl/α,β-unsaturated/α-hetero) is 1. The molecule has 0 aromatic heterocycles. The van der Waals surface area contributed by atoms with Crippen LogP contribution < -0.4 is 5.32 Å². The molecule has 0 spiro atoms. The maximum atomic E-state index is 12.9. The van der Waals surface area contributed by atoms with Gasteiger partial charge in [-0.05, 0) is 97.0 Å². The SMILES string of the molecule is CC(=O)C1CC(CC(=O)NC2CCC(Cc3ccccc3)(N3CCCCC3)CC2)C1N(C)C. The summed E-state index contributed by atoms with van der Waals surface area (Å²) in [6.45, 7) is 4.12. The van der Waals surface area contributed by atoms with Crippen molar-refractivity contribution in [1.82, 2.24) is 15.1 Å². The normalized spacial score (nSPS) is 32.8. The summed E-state index contributed by atoms with van der Waals surface area (Å²) >= 11 is 0. The lowest BCUT2D eigenvalue weighted by atomic mass is 9.66. The first-order valence-corrected chi connectivity index (χ1v) is 13.1. The van der Waals surface area contributed by atoms with Gasteiger partial charge >= 0.3 is 0 Å². The van der Waals surface area contributed by atoms with Crippen molar-refractivity contribution in [2.24, 2.45) is 11.8 Å². The van der Waals surface area contributed by atoms with Crippen molar-refractivity contribution in [3.63, 3.8) is 0 Å². The fourth-order valence-electron chi connectivity index (χ4n) is 6.90. The number of rotatable bonds is 8. The summed E-state index contributed by atoms with van der Waals surface area (Å²) in [4.78, 5) is 29.7. The first-order chi connectivity index (χ1) is 15.9. The summed E-state index contributed by atoms with van der Waals surface area (Å²) in [6, 6.07) is 11.4. The molecule has 5 nitrogen and oxygen atoms in total. The largest absolute Gasteiger partial charge is 0.353 e. The van der Waals surface area contributed by atoms with Crippen LogP contribution in [0.1, 0.15) is 70.3 Å². The molecule has 2 aliphatic carbocycles. The second-order valence-corrected chi connectivity index (χ2v) is 11.1. The molecule has 1 aromatic carbocycles. The molecule has 1 heterocycles. The van der Waals surface area contributed by atoms with Gasteiger partial charge < -0.3 is 10.2 Å². The Morgan fingerprint density at radius 2 is 1.73 bits per heavy atom. The average Bonchev–Trinajstić information content (AvgIpc) is 2.78. The van der Waals surface area contributed by atoms with Crippen LogP contribution in [0.25, 0.3) is 0 Å². The standard InChI is InChI=1S/C28H43N3O2/c1-21(32)25-18-23(27(25)30(2)3)19-26(33)29-24-12-14-28(15-13-24,31-16-8-5-9-17-31)20-22-10-6-4-7-11-22/h4,6-7,10-11,23-25,27H,5,8-9,12-20H2,1-3H3,(H,29,33). The molecule has 3 unspecified atom stereocenters. The second kappa shape index (κ2) is 10.7. The van der Waals surface area contributed by atoms with Crippen LogP contribution >= 0.6 is 0 Å². The zero-order chi connectivity index (χ0) is 23.4. The van der Waals surface area contributed by atoms with E-state index in [-0.39, 0.29) is 35.2 Å². The Labute approximate surface area is 200 Å². The van der Waals surface area contributed by atoms with Gasteiger partial charge in [0.25, 0.3) is 0 Å². The lowest BCUT2D eigenvalue weighted by Crippen LogP contribution is -2.57. The molecule has 0 bridgehead atoms. The van der Waals surface area contributed by atoms with E-state index in [2.05, 4.69) is 45.4 Å². The molecule has 1 aliphatic heterocycles. The molecule has 1 aromatic rings. The van der Waals surface area contributed by atoms with E-state index in [1.54, 1.807) is 6.92 Å². The maximum Gasteiger partial charge on any atom is 0.220 e. The van der Waals surface area contributed by atoms with Gasteiger partial charge in [0, 0.05) is 30.0 Å². The van der Waals surface area contributed by atoms with Crippen molar-refractivity contribution < 1.29 is 9.59 Å². The van der Waals surface area contributed by atoms with Crippen LogP contribution in [0.4, 0.5) is 0 Å². The highest BCUT2D eigenvalue weighted by molar-refractivity contribution is 5.81. The summed E-state index contributed by atoms with van der Waals surface area (Å²) < 4.78 is 0. The Morgan fingerprint density at radius 3 is 2.33 bits per heavy atom. The lowest BCUT2D eigenvalue weighted by molar-refractivity contribution is -0.134. The number of amides is 1. The van der Waals surface area contributed by atoms with Gasteiger partial charge in [-0.25, -0.2) is 0 Å². The number of likely N-dealkylation sites (tertiary alicyclic amines) is 1. The number of piperidine rings is 1. The number of carbonyl (C=O) groups excluding carboxylic acids is 2. The predicted molar refractivity (Wildman–Crippen MR) is 133 cm³/mol. The van der Waals surface area contributed by atoms with Crippen molar-refractivity contribution in [2.75, 3.05) is 27.2 Å². The van der Waals surface area contributed by atoms with Crippen LogP contribution in [0.5, 0.6) is 0 Å². The molecule has 182 valence electrons. The number of benzene rings is 1. The molecule has 0 radical (unpaired) electrons. The zero-order valence-electron chi connectivity index (χ0n) is 20.9. The Hall–Kier alpha value is -1.72. The van der Waals surface area contributed by atoms with E-state index in [0.717, 1.165) is 38.5 Å². The first-order valence-electron chi connectivity index (χ1n) is 13.1. The minimum Gasteiger partial charge on any atom is -0.353 e. The molecule has 1 saturated heterocycles. The van der Waals surface area contributed by atoms with E-state index >= 15 is 0 Å². The quantitative estimate of drug-likeness (QED) is 0.645. The lowest BCUT2D eigenvalue weighted by Gasteiger charge is -2.50. The number of nitrogens with one attached hydrogen (secondary N) is 1. The minimum absolute atomic E-state index is 0.0932. The monoisotopic (exact) mass is 453 g/mol. The number of carbonyl (C=O) groups is 2. The van der Waals surface area contributed by atoms with Gasteiger partial charge in [0.05, 0.1) is 0 Å². The minimum atomic E-state index is 0.0932. The van der Waals surface area contributed by atoms with Crippen LogP contribution in [-0.2, 0) is 16.0 Å². The van der Waals surface area contributed by atoms with E-state index in [1.807, 2.05) is 14.1 Å². The first kappa shape index (κ1) is 24.4. The smallest absolute Gasteiger partial charge is 0.220 e. The zero-order valence-corrected chi connectivity index (χ0v) is 20.9. The van der Waals surface area contributed by atoms with Crippen LogP contribution in [0.3, 0.4) is 0 Å². The fraction of sp³-hybridized carbons (Fsp3) is 0.714. The van der Waals surface area contributed by atoms with Crippen LogP contribution in [0.2, 0.25) is 0 Å². The molecule has 3 atom stereocenters. The molecule has 1 amide bonds. The third-order valence-corrected chi connectivity index (χ3v) is 8.70. The van der Waals surface area contributed by atoms with Gasteiger partial charge in [0.1, 0.15) is 5.78 Å². The molecule has 2 saturated carbocycles. The predicted octanol–water partition coefficient (Wildman–Crippen LogP) is 4.06. The highest BCUT2D eigenvalue weighted by atomic mass is 16.1. The topological polar surface area (TPSA) is 52.7 Å². The highest BCUT2D eigenvalue weighted by Gasteiger charge is 2.46. The van der Waals surface area contributed by atoms with Crippen LogP contribution in [0.15, 0.2) is 30.3 Å². The third-order valence-electron chi connectivity index (χ3n) is 8.70. The van der Waals surface area contributed by atoms with Crippen LogP contribution in [0, 0.1) is 11.8 Å². The van der Waals surface area contributed by atoms with Gasteiger partial charge in [-0.3, -0.25) is 14.5 Å². The number of nitrogens with zero attached hydrogens (tertiary/aromatic N) is 2. The van der Waals surface area contributed by atoms with Crippen molar-refractivity contribution in [2.45, 2.75) is 88.8 Å². The fourth-order valence-corrected chi connectivity index (χ4v) is 6.90. The molecule has 5 heteroatoms. The van der Waals surface area contributed by atoms with Crippen molar-refractivity contribution in [3.05, 3.63) is 35.9 Å². The number of hydrogen-bond acceptors (Lipinski definition) is 4. The van der Waals surface area contributed by atoms with E-state index in [1.165, 1.54) is 37.9 Å². The molecule has 3 aliphatic rings. The summed E-state index contributed by atoms with van der Waals surface area (Å²) in [5.74, 6) is 0.816. The van der Waals surface area contributed by atoms with Gasteiger partial charge in [-0.15, -0.1) is 0 Å². The Morgan fingerprint density at radius 1 is 1.06 bits per heavy atom. The summed E-state index contributed by atoms with van der Waals surface area (Å²) in [6.07, 6.45) is 10.9. The van der Waals surface area contributed by atoms with Gasteiger partial charge in [0.15, 0.2) is 0 Å². The summed E-state index contributed by atoms with van der Waals surface area (Å²) in [5, 5.41) is 3.37. The van der Waals surface area contributed by atoms with Gasteiger partial charge in [0.2, 0.25) is 5.91 Å². The van der Waals surface area contributed by atoms with Gasteiger partial charge in [-0.1, -0.05) is 36.8 Å². The Kier molecular flexibility index (Phi) is 7.91. The van der Waals surface area contributed by atoms with E-state index < -0.39 is 0 Å². The van der Waals surface area contributed by atoms with Crippen molar-refractivity contribution in [1.29, 1.82) is 0 Å². The molecule has 33 heavy (non-hydrogen) atoms.